The van der Waals surface area contributed by atoms with E-state index in [0.717, 1.165) is 0 Å². The first-order valence-electron chi connectivity index (χ1n) is 8.44. The minimum Gasteiger partial charge on any atom is -0.454 e. The van der Waals surface area contributed by atoms with Crippen LogP contribution < -0.4 is 0 Å². The summed E-state index contributed by atoms with van der Waals surface area (Å²) in [6.45, 7) is 14.2. The largest absolute Gasteiger partial charge is 0.454 e. The van der Waals surface area contributed by atoms with Gasteiger partial charge in [-0.25, -0.2) is 4.79 Å². The molecule has 0 amide bonds. The molecule has 0 aromatic heterocycles. The summed E-state index contributed by atoms with van der Waals surface area (Å²) >= 11 is 0. The maximum Gasteiger partial charge on any atom is 0.334 e. The lowest BCUT2D eigenvalue weighted by molar-refractivity contribution is -0.137. The van der Waals surface area contributed by atoms with E-state index in [4.69, 9.17) is 9.47 Å². The van der Waals surface area contributed by atoms with E-state index >= 15 is 0 Å². The van der Waals surface area contributed by atoms with Crippen LogP contribution in [0, 0.1) is 11.8 Å². The normalized spacial score (nSPS) is 34.8. The van der Waals surface area contributed by atoms with Gasteiger partial charge in [-0.15, -0.1) is 0 Å². The fourth-order valence-electron chi connectivity index (χ4n) is 3.11. The molecule has 5 heteroatoms. The molecule has 1 saturated heterocycles. The van der Waals surface area contributed by atoms with Gasteiger partial charge in [-0.3, -0.25) is 0 Å². The van der Waals surface area contributed by atoms with E-state index < -0.39 is 24.3 Å². The number of aliphatic hydroxyl groups excluding tert-OH is 2. The van der Waals surface area contributed by atoms with Gasteiger partial charge in [-0.2, -0.15) is 0 Å². The summed E-state index contributed by atoms with van der Waals surface area (Å²) in [5.41, 5.74) is 1.61. The van der Waals surface area contributed by atoms with Gasteiger partial charge in [-0.1, -0.05) is 27.0 Å². The van der Waals surface area contributed by atoms with Crippen molar-refractivity contribution in [3.63, 3.8) is 0 Å². The lowest BCUT2D eigenvalue weighted by atomic mass is 9.83. The second-order valence-corrected chi connectivity index (χ2v) is 7.23. The molecule has 0 aromatic carbocycles. The van der Waals surface area contributed by atoms with Gasteiger partial charge in [0.05, 0.1) is 24.2 Å². The number of fused-ring (bicyclic) bond motifs is 1. The minimum atomic E-state index is -0.823. The molecule has 0 bridgehead atoms. The smallest absolute Gasteiger partial charge is 0.334 e. The van der Waals surface area contributed by atoms with Crippen molar-refractivity contribution < 1.29 is 24.5 Å². The number of rotatable bonds is 3. The molecule has 1 aliphatic heterocycles. The van der Waals surface area contributed by atoms with Crippen LogP contribution in [0.15, 0.2) is 36.0 Å². The maximum absolute atomic E-state index is 12.0. The van der Waals surface area contributed by atoms with Gasteiger partial charge in [0.25, 0.3) is 0 Å². The number of carbonyl (C=O) groups excluding carboxylic acids is 1. The molecule has 1 aliphatic carbocycles. The van der Waals surface area contributed by atoms with Crippen molar-refractivity contribution in [2.45, 2.75) is 58.0 Å². The predicted octanol–water partition coefficient (Wildman–Crippen LogP) is 2.14. The Hall–Kier alpha value is -1.43. The second kappa shape index (κ2) is 7.64. The highest BCUT2D eigenvalue weighted by molar-refractivity contribution is 5.91. The van der Waals surface area contributed by atoms with E-state index in [2.05, 4.69) is 13.2 Å². The summed E-state index contributed by atoms with van der Waals surface area (Å²) in [5.74, 6) is -0.449. The molecule has 0 spiro atoms. The molecule has 134 valence electrons. The molecule has 0 aromatic rings. The Bertz CT molecular complexity index is 548. The fraction of sp³-hybridized carbons (Fsp3) is 0.632. The quantitative estimate of drug-likeness (QED) is 0.469. The highest BCUT2D eigenvalue weighted by Gasteiger charge is 2.44. The van der Waals surface area contributed by atoms with Gasteiger partial charge < -0.3 is 19.7 Å². The molecule has 24 heavy (non-hydrogen) atoms. The number of ether oxygens (including phenoxy) is 2. The van der Waals surface area contributed by atoms with Crippen LogP contribution in [0.2, 0.25) is 0 Å². The molecule has 5 unspecified atom stereocenters. The molecule has 0 radical (unpaired) electrons. The van der Waals surface area contributed by atoms with Crippen LogP contribution >= 0.6 is 0 Å². The summed E-state index contributed by atoms with van der Waals surface area (Å²) in [5, 5.41) is 20.5. The van der Waals surface area contributed by atoms with Crippen molar-refractivity contribution in [1.82, 2.24) is 0 Å². The average Bonchev–Trinajstić information content (AvgIpc) is 2.77. The molecular formula is C19H28O5. The van der Waals surface area contributed by atoms with Gasteiger partial charge in [0.1, 0.15) is 6.10 Å². The summed E-state index contributed by atoms with van der Waals surface area (Å²) in [4.78, 5) is 12.0. The lowest BCUT2D eigenvalue weighted by Crippen LogP contribution is -2.35. The number of hydrogen-bond acceptors (Lipinski definition) is 5. The zero-order chi connectivity index (χ0) is 18.0. The van der Waals surface area contributed by atoms with E-state index in [1.54, 1.807) is 13.0 Å². The van der Waals surface area contributed by atoms with Crippen LogP contribution in [-0.4, -0.2) is 47.2 Å². The highest BCUT2D eigenvalue weighted by atomic mass is 16.6. The summed E-state index contributed by atoms with van der Waals surface area (Å²) in [6, 6.07) is 0. The van der Waals surface area contributed by atoms with Crippen LogP contribution in [-0.2, 0) is 14.3 Å². The van der Waals surface area contributed by atoms with E-state index in [9.17, 15) is 15.0 Å². The van der Waals surface area contributed by atoms with Gasteiger partial charge in [-0.05, 0) is 36.5 Å². The van der Waals surface area contributed by atoms with Crippen LogP contribution in [0.5, 0.6) is 0 Å². The summed E-state index contributed by atoms with van der Waals surface area (Å²) < 4.78 is 11.5. The third kappa shape index (κ3) is 4.15. The Morgan fingerprint density at radius 3 is 2.62 bits per heavy atom. The Kier molecular flexibility index (Phi) is 6.01. The van der Waals surface area contributed by atoms with Gasteiger partial charge in [0, 0.05) is 18.6 Å². The van der Waals surface area contributed by atoms with Crippen molar-refractivity contribution in [3.05, 3.63) is 36.0 Å². The molecule has 5 nitrogen and oxygen atoms in total. The first-order valence-corrected chi connectivity index (χ1v) is 8.44. The van der Waals surface area contributed by atoms with E-state index in [1.807, 2.05) is 13.8 Å². The van der Waals surface area contributed by atoms with Gasteiger partial charge in [0.2, 0.25) is 0 Å². The SMILES string of the molecule is C=C1CC(OCC(C)C)C2C(=C)C(=O)OC2C=C(C)C(O)CC1O. The van der Waals surface area contributed by atoms with Gasteiger partial charge >= 0.3 is 5.97 Å². The molecule has 0 saturated carbocycles. The summed E-state index contributed by atoms with van der Waals surface area (Å²) in [7, 11) is 0. The number of carbonyl (C=O) groups is 1. The molecule has 5 atom stereocenters. The topological polar surface area (TPSA) is 76.0 Å². The molecule has 1 fully saturated rings. The van der Waals surface area contributed by atoms with Crippen LogP contribution in [0.25, 0.3) is 0 Å². The van der Waals surface area contributed by atoms with Crippen molar-refractivity contribution >= 4 is 5.97 Å². The predicted molar refractivity (Wildman–Crippen MR) is 91.2 cm³/mol. The molecule has 1 heterocycles. The molecule has 2 N–H and O–H groups in total. The first kappa shape index (κ1) is 18.9. The third-order valence-corrected chi connectivity index (χ3v) is 4.64. The zero-order valence-electron chi connectivity index (χ0n) is 14.7. The van der Waals surface area contributed by atoms with Gasteiger partial charge in [0.15, 0.2) is 0 Å². The molecule has 2 rings (SSSR count). The van der Waals surface area contributed by atoms with E-state index in [0.29, 0.717) is 35.7 Å². The fourth-order valence-corrected chi connectivity index (χ4v) is 3.11. The molecular weight excluding hydrogens is 308 g/mol. The van der Waals surface area contributed by atoms with Crippen molar-refractivity contribution in [2.24, 2.45) is 11.8 Å². The monoisotopic (exact) mass is 336 g/mol. The van der Waals surface area contributed by atoms with Crippen molar-refractivity contribution in [3.8, 4) is 0 Å². The zero-order valence-corrected chi connectivity index (χ0v) is 14.7. The number of esters is 1. The average molecular weight is 336 g/mol. The Labute approximate surface area is 143 Å². The lowest BCUT2D eigenvalue weighted by Gasteiger charge is -2.31. The summed E-state index contributed by atoms with van der Waals surface area (Å²) in [6.07, 6.45) is -0.181. The van der Waals surface area contributed by atoms with Crippen LogP contribution in [0.3, 0.4) is 0 Å². The van der Waals surface area contributed by atoms with E-state index in [1.165, 1.54) is 0 Å². The van der Waals surface area contributed by atoms with Crippen molar-refractivity contribution in [1.29, 1.82) is 0 Å². The van der Waals surface area contributed by atoms with Crippen LogP contribution in [0.1, 0.15) is 33.6 Å². The van der Waals surface area contributed by atoms with E-state index in [-0.39, 0.29) is 18.4 Å². The highest BCUT2D eigenvalue weighted by Crippen LogP contribution is 2.37. The Balaban J connectivity index is 2.38. The Morgan fingerprint density at radius 1 is 1.33 bits per heavy atom. The second-order valence-electron chi connectivity index (χ2n) is 7.23. The third-order valence-electron chi connectivity index (χ3n) is 4.64. The minimum absolute atomic E-state index is 0.171. The first-order chi connectivity index (χ1) is 11.2. The number of hydrogen-bond donors (Lipinski definition) is 2. The van der Waals surface area contributed by atoms with Crippen molar-refractivity contribution in [2.75, 3.05) is 6.61 Å². The Morgan fingerprint density at radius 2 is 2.00 bits per heavy atom. The molecule has 2 aliphatic rings. The number of aliphatic hydroxyl groups is 2. The maximum atomic E-state index is 12.0. The standard InChI is InChI=1S/C19H28O5/c1-10(2)9-23-16-6-11(3)14(20)8-15(21)12(4)7-17-18(16)13(5)19(22)24-17/h7,10,14-18,20-21H,3,5-6,8-9H2,1-2,4H3. The van der Waals surface area contributed by atoms with Crippen LogP contribution in [0.4, 0.5) is 0 Å².